The van der Waals surface area contributed by atoms with Gasteiger partial charge in [0.15, 0.2) is 11.5 Å². The highest BCUT2D eigenvalue weighted by Crippen LogP contribution is 2.33. The zero-order chi connectivity index (χ0) is 18.6. The van der Waals surface area contributed by atoms with Crippen LogP contribution in [0.3, 0.4) is 0 Å². The summed E-state index contributed by atoms with van der Waals surface area (Å²) in [6.45, 7) is 1.80. The Morgan fingerprint density at radius 3 is 2.60 bits per heavy atom. The minimum atomic E-state index is -0.759. The fraction of sp³-hybridized carbons (Fsp3) is 0.400. The van der Waals surface area contributed by atoms with Crippen LogP contribution in [0.4, 0.5) is 11.6 Å². The molecule has 1 aliphatic carbocycles. The number of nitrogens with two attached hydrogens (primary N) is 3. The van der Waals surface area contributed by atoms with Gasteiger partial charge in [0.05, 0.1) is 6.20 Å². The normalized spacial score (nSPS) is 15.3. The number of carbonyl (C=O) groups is 2. The van der Waals surface area contributed by atoms with Crippen LogP contribution >= 0.6 is 12.2 Å². The largest absolute Gasteiger partial charge is 0.402 e. The Labute approximate surface area is 150 Å². The summed E-state index contributed by atoms with van der Waals surface area (Å²) in [6, 6.07) is -0.612. The average molecular weight is 363 g/mol. The van der Waals surface area contributed by atoms with E-state index in [1.165, 1.54) is 6.20 Å². The topological polar surface area (TPSA) is 162 Å². The van der Waals surface area contributed by atoms with Gasteiger partial charge in [-0.25, -0.2) is 9.97 Å². The molecule has 25 heavy (non-hydrogen) atoms. The van der Waals surface area contributed by atoms with Crippen molar-refractivity contribution >= 4 is 40.7 Å². The number of amides is 2. The molecule has 8 N–H and O–H groups in total. The zero-order valence-electron chi connectivity index (χ0n) is 13.8. The Morgan fingerprint density at radius 1 is 1.40 bits per heavy atom. The van der Waals surface area contributed by atoms with Crippen LogP contribution in [0, 0.1) is 5.92 Å². The van der Waals surface area contributed by atoms with Crippen molar-refractivity contribution in [1.82, 2.24) is 9.97 Å². The van der Waals surface area contributed by atoms with Gasteiger partial charge in [0.2, 0.25) is 5.91 Å². The molecule has 0 saturated heterocycles. The predicted molar refractivity (Wildman–Crippen MR) is 98.7 cm³/mol. The van der Waals surface area contributed by atoms with Gasteiger partial charge in [-0.1, -0.05) is 19.1 Å². The van der Waals surface area contributed by atoms with Gasteiger partial charge in [0.25, 0.3) is 5.91 Å². The maximum Gasteiger partial charge on any atom is 0.271 e. The Hall–Kier alpha value is -2.75. The first-order valence-electron chi connectivity index (χ1n) is 7.82. The Kier molecular flexibility index (Phi) is 5.86. The molecule has 1 aromatic rings. The summed E-state index contributed by atoms with van der Waals surface area (Å²) in [6.07, 6.45) is 5.48. The number of thiocarbonyl (C=S) groups is 1. The molecule has 9 nitrogen and oxygen atoms in total. The maximum atomic E-state index is 11.5. The summed E-state index contributed by atoms with van der Waals surface area (Å²) in [7, 11) is 0. The molecule has 2 amide bonds. The second-order valence-electron chi connectivity index (χ2n) is 5.73. The van der Waals surface area contributed by atoms with E-state index in [1.54, 1.807) is 13.0 Å². The van der Waals surface area contributed by atoms with E-state index in [1.807, 2.05) is 0 Å². The van der Waals surface area contributed by atoms with Crippen molar-refractivity contribution in [2.45, 2.75) is 32.2 Å². The van der Waals surface area contributed by atoms with Crippen molar-refractivity contribution in [3.05, 3.63) is 23.7 Å². The predicted octanol–water partition coefficient (Wildman–Crippen LogP) is 0.243. The highest BCUT2D eigenvalue weighted by atomic mass is 32.1. The first kappa shape index (κ1) is 18.6. The molecule has 134 valence electrons. The molecule has 0 spiro atoms. The summed E-state index contributed by atoms with van der Waals surface area (Å²) in [5, 5.41) is 5.66. The van der Waals surface area contributed by atoms with E-state index in [4.69, 9.17) is 29.4 Å². The number of carbonyl (C=O) groups excluding carboxylic acids is 2. The van der Waals surface area contributed by atoms with E-state index < -0.39 is 17.9 Å². The van der Waals surface area contributed by atoms with Crippen LogP contribution in [-0.4, -0.2) is 32.8 Å². The van der Waals surface area contributed by atoms with Crippen molar-refractivity contribution in [3.63, 3.8) is 0 Å². The molecule has 1 fully saturated rings. The minimum Gasteiger partial charge on any atom is -0.402 e. The smallest absolute Gasteiger partial charge is 0.271 e. The van der Waals surface area contributed by atoms with Gasteiger partial charge in [-0.3, -0.25) is 9.59 Å². The summed E-state index contributed by atoms with van der Waals surface area (Å²) >= 11 is 5.22. The highest BCUT2D eigenvalue weighted by molar-refractivity contribution is 7.81. The second-order valence-corrected chi connectivity index (χ2v) is 6.17. The molecule has 2 rings (SSSR count). The SMILES string of the molecule is CC[C@@H](Nc1cnc(C(N)=O)c(NC(=S)C=C(N)C2CC2)n1)C(N)=O. The van der Waals surface area contributed by atoms with Gasteiger partial charge in [0.1, 0.15) is 16.8 Å². The fourth-order valence-electron chi connectivity index (χ4n) is 2.12. The maximum absolute atomic E-state index is 11.5. The van der Waals surface area contributed by atoms with E-state index in [0.717, 1.165) is 12.8 Å². The van der Waals surface area contributed by atoms with E-state index in [0.29, 0.717) is 23.0 Å². The summed E-state index contributed by atoms with van der Waals surface area (Å²) in [5.41, 5.74) is 17.1. The zero-order valence-corrected chi connectivity index (χ0v) is 14.6. The molecule has 1 heterocycles. The number of allylic oxidation sites excluding steroid dienone is 1. The van der Waals surface area contributed by atoms with Gasteiger partial charge < -0.3 is 27.8 Å². The molecule has 0 bridgehead atoms. The van der Waals surface area contributed by atoms with Crippen LogP contribution in [0.2, 0.25) is 0 Å². The van der Waals surface area contributed by atoms with Crippen molar-refractivity contribution in [3.8, 4) is 0 Å². The molecule has 1 saturated carbocycles. The van der Waals surface area contributed by atoms with E-state index in [9.17, 15) is 9.59 Å². The number of nitrogens with one attached hydrogen (secondary N) is 2. The number of hydrogen-bond donors (Lipinski definition) is 5. The summed E-state index contributed by atoms with van der Waals surface area (Å²) in [4.78, 5) is 31.4. The van der Waals surface area contributed by atoms with Crippen molar-refractivity contribution < 1.29 is 9.59 Å². The van der Waals surface area contributed by atoms with Crippen molar-refractivity contribution in [1.29, 1.82) is 0 Å². The Bertz CT molecular complexity index is 731. The number of rotatable bonds is 8. The number of aromatic nitrogens is 2. The molecule has 0 aromatic carbocycles. The van der Waals surface area contributed by atoms with Gasteiger partial charge >= 0.3 is 0 Å². The number of anilines is 2. The van der Waals surface area contributed by atoms with Crippen molar-refractivity contribution in [2.24, 2.45) is 23.1 Å². The quantitative estimate of drug-likeness (QED) is 0.324. The third-order valence-electron chi connectivity index (χ3n) is 3.67. The van der Waals surface area contributed by atoms with Crippen LogP contribution in [0.25, 0.3) is 0 Å². The van der Waals surface area contributed by atoms with Gasteiger partial charge in [-0.15, -0.1) is 0 Å². The summed E-state index contributed by atoms with van der Waals surface area (Å²) in [5.74, 6) is -0.573. The standard InChI is InChI=1S/C15H21N7O2S/c1-2-9(13(17)23)20-10-6-19-12(14(18)24)15(21-10)22-11(25)5-8(16)7-3-4-7/h5-7,9H,2-4,16H2,1H3,(H2,17,23)(H2,18,24)(H2,20,21,22,25)/t9-/m1/s1. The highest BCUT2D eigenvalue weighted by Gasteiger charge is 2.24. The first-order valence-corrected chi connectivity index (χ1v) is 8.23. The van der Waals surface area contributed by atoms with Crippen LogP contribution in [-0.2, 0) is 4.79 Å². The number of hydrogen-bond acceptors (Lipinski definition) is 7. The van der Waals surface area contributed by atoms with E-state index in [-0.39, 0.29) is 17.3 Å². The molecular weight excluding hydrogens is 342 g/mol. The fourth-order valence-corrected chi connectivity index (χ4v) is 2.35. The summed E-state index contributed by atoms with van der Waals surface area (Å²) < 4.78 is 0. The minimum absolute atomic E-state index is 0.0709. The van der Waals surface area contributed by atoms with Gasteiger partial charge in [-0.05, 0) is 31.3 Å². The third-order valence-corrected chi connectivity index (χ3v) is 3.89. The van der Waals surface area contributed by atoms with E-state index >= 15 is 0 Å². The van der Waals surface area contributed by atoms with Crippen LogP contribution in [0.5, 0.6) is 0 Å². The third kappa shape index (κ3) is 5.11. The van der Waals surface area contributed by atoms with Crippen molar-refractivity contribution in [2.75, 3.05) is 10.6 Å². The molecule has 10 heteroatoms. The molecular formula is C15H21N7O2S. The lowest BCUT2D eigenvalue weighted by molar-refractivity contribution is -0.118. The van der Waals surface area contributed by atoms with E-state index in [2.05, 4.69) is 20.6 Å². The lowest BCUT2D eigenvalue weighted by Gasteiger charge is -2.15. The molecule has 1 atom stereocenters. The second kappa shape index (κ2) is 7.88. The van der Waals surface area contributed by atoms with Gasteiger partial charge in [0, 0.05) is 5.70 Å². The molecule has 0 aliphatic heterocycles. The average Bonchev–Trinajstić information content (AvgIpc) is 3.36. The van der Waals surface area contributed by atoms with Crippen LogP contribution in [0.1, 0.15) is 36.7 Å². The molecule has 0 unspecified atom stereocenters. The molecule has 1 aliphatic rings. The number of nitrogens with zero attached hydrogens (tertiary/aromatic N) is 2. The first-order chi connectivity index (χ1) is 11.8. The van der Waals surface area contributed by atoms with Crippen LogP contribution in [0.15, 0.2) is 18.0 Å². The Balaban J connectivity index is 2.22. The number of primary amides is 2. The lowest BCUT2D eigenvalue weighted by atomic mass is 10.2. The Morgan fingerprint density at radius 2 is 2.08 bits per heavy atom. The van der Waals surface area contributed by atoms with Crippen LogP contribution < -0.4 is 27.8 Å². The van der Waals surface area contributed by atoms with Gasteiger partial charge in [-0.2, -0.15) is 0 Å². The molecule has 0 radical (unpaired) electrons. The molecule has 1 aromatic heterocycles. The monoisotopic (exact) mass is 363 g/mol. The lowest BCUT2D eigenvalue weighted by Crippen LogP contribution is -2.35.